The van der Waals surface area contributed by atoms with Crippen molar-refractivity contribution in [2.45, 2.75) is 32.7 Å². The van der Waals surface area contributed by atoms with E-state index in [9.17, 15) is 0 Å². The highest BCUT2D eigenvalue weighted by Gasteiger charge is 2.23. The van der Waals surface area contributed by atoms with E-state index in [1.54, 1.807) is 6.33 Å². The highest BCUT2D eigenvalue weighted by atomic mass is 15.3. The Balaban J connectivity index is 2.34. The Morgan fingerprint density at radius 2 is 2.21 bits per heavy atom. The molecule has 1 aromatic heterocycles. The molecule has 1 unspecified atom stereocenters. The first-order chi connectivity index (χ1) is 9.17. The summed E-state index contributed by atoms with van der Waals surface area (Å²) in [5.41, 5.74) is 3.78. The maximum absolute atomic E-state index is 5.55. The van der Waals surface area contributed by atoms with Gasteiger partial charge in [-0.1, -0.05) is 6.92 Å². The van der Waals surface area contributed by atoms with Crippen molar-refractivity contribution in [3.05, 3.63) is 11.9 Å². The van der Waals surface area contributed by atoms with Crippen LogP contribution in [0.25, 0.3) is 0 Å². The second-order valence-electron chi connectivity index (χ2n) is 5.18. The normalized spacial score (nSPS) is 21.3. The van der Waals surface area contributed by atoms with Gasteiger partial charge >= 0.3 is 0 Å². The van der Waals surface area contributed by atoms with Gasteiger partial charge in [-0.3, -0.25) is 0 Å². The standard InChI is InChI=1S/C13H24N6/c1-4-11-12(17-14)15-9-16-13(11)19-7-5-6-18(3)8-10(19)2/h9-10H,4-8,14H2,1-3H3,(H,15,16,17). The van der Waals surface area contributed by atoms with Crippen LogP contribution in [0.1, 0.15) is 25.8 Å². The number of nitrogens with one attached hydrogen (secondary N) is 1. The van der Waals surface area contributed by atoms with E-state index in [0.717, 1.165) is 49.7 Å². The van der Waals surface area contributed by atoms with E-state index in [1.165, 1.54) is 0 Å². The predicted octanol–water partition coefficient (Wildman–Crippen LogP) is 0.855. The fourth-order valence-corrected chi connectivity index (χ4v) is 2.79. The van der Waals surface area contributed by atoms with Crippen LogP contribution in [-0.4, -0.2) is 47.6 Å². The van der Waals surface area contributed by atoms with Gasteiger partial charge < -0.3 is 15.2 Å². The number of anilines is 2. The molecule has 1 aromatic rings. The third kappa shape index (κ3) is 2.96. The van der Waals surface area contributed by atoms with Crippen molar-refractivity contribution in [3.8, 4) is 0 Å². The third-order valence-electron chi connectivity index (χ3n) is 3.73. The highest BCUT2D eigenvalue weighted by molar-refractivity contribution is 5.58. The molecule has 2 rings (SSSR count). The van der Waals surface area contributed by atoms with Crippen LogP contribution in [0, 0.1) is 0 Å². The molecule has 106 valence electrons. The molecular formula is C13H24N6. The molecule has 0 spiro atoms. The Kier molecular flexibility index (Phi) is 4.55. The summed E-state index contributed by atoms with van der Waals surface area (Å²) in [6.45, 7) is 7.57. The molecule has 0 aliphatic carbocycles. The summed E-state index contributed by atoms with van der Waals surface area (Å²) in [6, 6.07) is 0.443. The molecule has 0 radical (unpaired) electrons. The zero-order chi connectivity index (χ0) is 13.8. The minimum atomic E-state index is 0.443. The lowest BCUT2D eigenvalue weighted by atomic mass is 10.1. The van der Waals surface area contributed by atoms with E-state index in [-0.39, 0.29) is 0 Å². The Morgan fingerprint density at radius 1 is 1.42 bits per heavy atom. The minimum Gasteiger partial charge on any atom is -0.352 e. The van der Waals surface area contributed by atoms with Crippen LogP contribution < -0.4 is 16.2 Å². The van der Waals surface area contributed by atoms with Gasteiger partial charge in [-0.2, -0.15) is 0 Å². The molecule has 1 aliphatic heterocycles. The second kappa shape index (κ2) is 6.16. The van der Waals surface area contributed by atoms with E-state index >= 15 is 0 Å². The molecule has 6 nitrogen and oxygen atoms in total. The van der Waals surface area contributed by atoms with Crippen molar-refractivity contribution >= 4 is 11.6 Å². The summed E-state index contributed by atoms with van der Waals surface area (Å²) < 4.78 is 0. The number of rotatable bonds is 3. The van der Waals surface area contributed by atoms with Crippen molar-refractivity contribution in [2.75, 3.05) is 37.0 Å². The van der Waals surface area contributed by atoms with Crippen LogP contribution in [0.15, 0.2) is 6.33 Å². The topological polar surface area (TPSA) is 70.3 Å². The maximum atomic E-state index is 5.55. The van der Waals surface area contributed by atoms with Crippen molar-refractivity contribution in [3.63, 3.8) is 0 Å². The van der Waals surface area contributed by atoms with E-state index in [2.05, 4.69) is 46.1 Å². The Morgan fingerprint density at radius 3 is 2.89 bits per heavy atom. The fraction of sp³-hybridized carbons (Fsp3) is 0.692. The highest BCUT2D eigenvalue weighted by Crippen LogP contribution is 2.26. The molecule has 1 aliphatic rings. The number of hydrogen-bond acceptors (Lipinski definition) is 6. The quantitative estimate of drug-likeness (QED) is 0.623. The molecule has 19 heavy (non-hydrogen) atoms. The van der Waals surface area contributed by atoms with Gasteiger partial charge in [0.05, 0.1) is 0 Å². The number of nitrogens with zero attached hydrogens (tertiary/aromatic N) is 4. The number of likely N-dealkylation sites (N-methyl/N-ethyl adjacent to an activating group) is 1. The number of hydrogen-bond donors (Lipinski definition) is 2. The van der Waals surface area contributed by atoms with Crippen molar-refractivity contribution in [1.29, 1.82) is 0 Å². The van der Waals surface area contributed by atoms with Crippen LogP contribution in [-0.2, 0) is 6.42 Å². The van der Waals surface area contributed by atoms with Crippen LogP contribution in [0.2, 0.25) is 0 Å². The molecule has 1 saturated heterocycles. The van der Waals surface area contributed by atoms with Gasteiger partial charge in [0.15, 0.2) is 0 Å². The Hall–Kier alpha value is -1.40. The maximum Gasteiger partial charge on any atom is 0.148 e. The van der Waals surface area contributed by atoms with Gasteiger partial charge in [0.1, 0.15) is 18.0 Å². The molecule has 1 fully saturated rings. The minimum absolute atomic E-state index is 0.443. The SMILES string of the molecule is CCc1c(NN)ncnc1N1CCCN(C)CC1C. The number of nitrogen functional groups attached to an aromatic ring is 1. The first-order valence-corrected chi connectivity index (χ1v) is 6.93. The van der Waals surface area contributed by atoms with Gasteiger partial charge in [0.2, 0.25) is 0 Å². The van der Waals surface area contributed by atoms with E-state index in [0.29, 0.717) is 6.04 Å². The van der Waals surface area contributed by atoms with Gasteiger partial charge in [-0.15, -0.1) is 0 Å². The molecule has 0 saturated carbocycles. The van der Waals surface area contributed by atoms with Crippen molar-refractivity contribution < 1.29 is 0 Å². The zero-order valence-electron chi connectivity index (χ0n) is 12.1. The van der Waals surface area contributed by atoms with Gasteiger partial charge in [0, 0.05) is 24.7 Å². The van der Waals surface area contributed by atoms with Crippen molar-refractivity contribution in [2.24, 2.45) is 5.84 Å². The summed E-state index contributed by atoms with van der Waals surface area (Å²) in [5, 5.41) is 0. The molecule has 0 bridgehead atoms. The van der Waals surface area contributed by atoms with Crippen LogP contribution >= 0.6 is 0 Å². The summed E-state index contributed by atoms with van der Waals surface area (Å²) >= 11 is 0. The summed E-state index contributed by atoms with van der Waals surface area (Å²) in [4.78, 5) is 13.5. The molecule has 1 atom stereocenters. The molecule has 2 heterocycles. The molecule has 3 N–H and O–H groups in total. The monoisotopic (exact) mass is 264 g/mol. The van der Waals surface area contributed by atoms with E-state index in [4.69, 9.17) is 5.84 Å². The first kappa shape index (κ1) is 14.0. The number of nitrogens with two attached hydrogens (primary N) is 1. The summed E-state index contributed by atoms with van der Waals surface area (Å²) in [5.74, 6) is 7.30. The summed E-state index contributed by atoms with van der Waals surface area (Å²) in [7, 11) is 2.17. The lowest BCUT2D eigenvalue weighted by molar-refractivity contribution is 0.337. The average Bonchev–Trinajstić information content (AvgIpc) is 2.58. The first-order valence-electron chi connectivity index (χ1n) is 6.93. The lowest BCUT2D eigenvalue weighted by Crippen LogP contribution is -2.39. The van der Waals surface area contributed by atoms with Crippen LogP contribution in [0.5, 0.6) is 0 Å². The molecular weight excluding hydrogens is 240 g/mol. The smallest absolute Gasteiger partial charge is 0.148 e. The zero-order valence-corrected chi connectivity index (χ0v) is 12.1. The van der Waals surface area contributed by atoms with Gasteiger partial charge in [0.25, 0.3) is 0 Å². The average molecular weight is 264 g/mol. The van der Waals surface area contributed by atoms with Gasteiger partial charge in [-0.25, -0.2) is 15.8 Å². The molecule has 0 amide bonds. The lowest BCUT2D eigenvalue weighted by Gasteiger charge is -2.30. The summed E-state index contributed by atoms with van der Waals surface area (Å²) in [6.07, 6.45) is 3.61. The second-order valence-corrected chi connectivity index (χ2v) is 5.18. The third-order valence-corrected chi connectivity index (χ3v) is 3.73. The Bertz CT molecular complexity index is 422. The van der Waals surface area contributed by atoms with Gasteiger partial charge in [-0.05, 0) is 33.4 Å². The van der Waals surface area contributed by atoms with Crippen LogP contribution in [0.3, 0.4) is 0 Å². The predicted molar refractivity (Wildman–Crippen MR) is 78.1 cm³/mol. The van der Waals surface area contributed by atoms with Crippen LogP contribution in [0.4, 0.5) is 11.6 Å². The van der Waals surface area contributed by atoms with E-state index < -0.39 is 0 Å². The molecule has 6 heteroatoms. The largest absolute Gasteiger partial charge is 0.352 e. The fourth-order valence-electron chi connectivity index (χ4n) is 2.79. The van der Waals surface area contributed by atoms with Crippen molar-refractivity contribution in [1.82, 2.24) is 14.9 Å². The number of hydrazine groups is 1. The Labute approximate surface area is 115 Å². The number of aromatic nitrogens is 2. The molecule has 0 aromatic carbocycles. The van der Waals surface area contributed by atoms with E-state index in [1.807, 2.05) is 0 Å².